The lowest BCUT2D eigenvalue weighted by molar-refractivity contribution is 0.0924. The fourth-order valence-corrected chi connectivity index (χ4v) is 6.01. The summed E-state index contributed by atoms with van der Waals surface area (Å²) in [6.45, 7) is 3.79. The quantitative estimate of drug-likeness (QED) is 0.386. The molecule has 2 amide bonds. The molecule has 1 unspecified atom stereocenters. The van der Waals surface area contributed by atoms with Gasteiger partial charge in [-0.1, -0.05) is 41.9 Å². The highest BCUT2D eigenvalue weighted by molar-refractivity contribution is 8.15. The molecule has 2 aliphatic rings. The molecule has 3 atom stereocenters. The van der Waals surface area contributed by atoms with Crippen LogP contribution in [0, 0.1) is 5.92 Å². The van der Waals surface area contributed by atoms with Gasteiger partial charge < -0.3 is 15.0 Å². The van der Waals surface area contributed by atoms with Gasteiger partial charge in [-0.2, -0.15) is 0 Å². The van der Waals surface area contributed by atoms with Crippen LogP contribution in [-0.4, -0.2) is 52.1 Å². The third-order valence-electron chi connectivity index (χ3n) is 6.69. The van der Waals surface area contributed by atoms with Gasteiger partial charge in [0.2, 0.25) is 0 Å². The van der Waals surface area contributed by atoms with E-state index in [1.54, 1.807) is 30.3 Å². The van der Waals surface area contributed by atoms with Crippen LogP contribution >= 0.6 is 23.4 Å². The molecule has 3 N–H and O–H groups in total. The van der Waals surface area contributed by atoms with Crippen LogP contribution < -0.4 is 20.9 Å². The Labute approximate surface area is 225 Å². The van der Waals surface area contributed by atoms with Crippen molar-refractivity contribution >= 4 is 34.5 Å². The number of ether oxygens (including phenoxy) is 1. The molecule has 0 radical (unpaired) electrons. The molecular formula is C27H28ClN5O3S. The number of pyridine rings is 1. The number of nitrogens with zero attached hydrogens (tertiary/aromatic N) is 2. The van der Waals surface area contributed by atoms with Crippen LogP contribution in [0.25, 0.3) is 11.3 Å². The third-order valence-corrected chi connectivity index (χ3v) is 8.00. The molecule has 1 aromatic heterocycles. The summed E-state index contributed by atoms with van der Waals surface area (Å²) < 4.78 is 5.95. The first kappa shape index (κ1) is 25.5. The number of halogens is 1. The first-order chi connectivity index (χ1) is 17.8. The van der Waals surface area contributed by atoms with Crippen LogP contribution in [0.2, 0.25) is 5.15 Å². The van der Waals surface area contributed by atoms with Gasteiger partial charge in [0.1, 0.15) is 17.5 Å². The summed E-state index contributed by atoms with van der Waals surface area (Å²) >= 11 is 7.48. The van der Waals surface area contributed by atoms with Crippen molar-refractivity contribution in [2.75, 3.05) is 20.1 Å². The highest BCUT2D eigenvalue weighted by atomic mass is 35.5. The number of likely N-dealkylation sites (tertiary alicyclic amines) is 1. The van der Waals surface area contributed by atoms with Crippen molar-refractivity contribution in [2.24, 2.45) is 5.92 Å². The van der Waals surface area contributed by atoms with Crippen molar-refractivity contribution in [2.45, 2.75) is 24.4 Å². The Balaban J connectivity index is 1.21. The Morgan fingerprint density at radius 2 is 1.95 bits per heavy atom. The average molecular weight is 538 g/mol. The number of thioether (sulfide) groups is 1. The number of aromatic nitrogens is 1. The second kappa shape index (κ2) is 10.7. The number of benzene rings is 2. The monoisotopic (exact) mass is 537 g/mol. The minimum atomic E-state index is -0.492. The maximum Gasteiger partial charge on any atom is 0.295 e. The van der Waals surface area contributed by atoms with Crippen LogP contribution in [0.1, 0.15) is 22.8 Å². The van der Waals surface area contributed by atoms with E-state index in [2.05, 4.69) is 26.1 Å². The average Bonchev–Trinajstić information content (AvgIpc) is 3.44. The Hall–Kier alpha value is -3.11. The van der Waals surface area contributed by atoms with Gasteiger partial charge in [0.05, 0.1) is 10.6 Å². The number of carbonyl (C=O) groups excluding carboxylic acids is 2. The van der Waals surface area contributed by atoms with Gasteiger partial charge in [-0.3, -0.25) is 15.0 Å². The van der Waals surface area contributed by atoms with Crippen molar-refractivity contribution in [1.29, 1.82) is 0 Å². The van der Waals surface area contributed by atoms with E-state index in [1.807, 2.05) is 50.4 Å². The van der Waals surface area contributed by atoms with Crippen molar-refractivity contribution in [3.8, 4) is 17.0 Å². The van der Waals surface area contributed by atoms with Crippen LogP contribution in [0.3, 0.4) is 0 Å². The van der Waals surface area contributed by atoms with E-state index >= 15 is 0 Å². The van der Waals surface area contributed by atoms with Crippen LogP contribution in [-0.2, 0) is 6.61 Å². The topological polar surface area (TPSA) is 95.6 Å². The molecule has 5 rings (SSSR count). The summed E-state index contributed by atoms with van der Waals surface area (Å²) in [6.07, 6.45) is 0. The molecule has 8 nitrogen and oxygen atoms in total. The van der Waals surface area contributed by atoms with Gasteiger partial charge in [0, 0.05) is 36.2 Å². The number of likely N-dealkylation sites (N-methyl/N-ethyl adjacent to an activating group) is 1. The molecule has 2 fully saturated rings. The normalized spacial score (nSPS) is 23.6. The number of carbonyl (C=O) groups is 2. The van der Waals surface area contributed by atoms with E-state index in [-0.39, 0.29) is 23.1 Å². The minimum Gasteiger partial charge on any atom is -0.489 e. The molecule has 192 valence electrons. The summed E-state index contributed by atoms with van der Waals surface area (Å²) in [5.74, 6) is 0.546. The second-order valence-corrected chi connectivity index (χ2v) is 11.3. The van der Waals surface area contributed by atoms with Gasteiger partial charge in [0.15, 0.2) is 0 Å². The van der Waals surface area contributed by atoms with Gasteiger partial charge in [-0.05, 0) is 67.7 Å². The summed E-state index contributed by atoms with van der Waals surface area (Å²) in [7, 11) is 2.02. The summed E-state index contributed by atoms with van der Waals surface area (Å²) in [4.78, 5) is 30.9. The SMILES string of the molecule is CN1C[C@@H](NC(=O)c2ccc(OCc3cc(Cl)nc(-c4ccccc4)c3)cc2)[C@@H](C2(C)NNC(=O)S2)C1. The van der Waals surface area contributed by atoms with Crippen molar-refractivity contribution in [1.82, 2.24) is 26.1 Å². The molecule has 0 spiro atoms. The predicted molar refractivity (Wildman–Crippen MR) is 145 cm³/mol. The lowest BCUT2D eigenvalue weighted by atomic mass is 9.95. The predicted octanol–water partition coefficient (Wildman–Crippen LogP) is 4.32. The molecule has 2 aromatic carbocycles. The van der Waals surface area contributed by atoms with Crippen molar-refractivity contribution in [3.05, 3.63) is 83.0 Å². The molecule has 10 heteroatoms. The van der Waals surface area contributed by atoms with Gasteiger partial charge in [-0.15, -0.1) is 0 Å². The second-order valence-electron chi connectivity index (χ2n) is 9.52. The van der Waals surface area contributed by atoms with E-state index in [4.69, 9.17) is 16.3 Å². The number of hydrazine groups is 1. The molecule has 2 saturated heterocycles. The summed E-state index contributed by atoms with van der Waals surface area (Å²) in [6, 6.07) is 20.6. The molecule has 3 heterocycles. The Morgan fingerprint density at radius 3 is 2.65 bits per heavy atom. The molecule has 0 saturated carbocycles. The van der Waals surface area contributed by atoms with Crippen molar-refractivity contribution < 1.29 is 14.3 Å². The zero-order valence-corrected chi connectivity index (χ0v) is 22.1. The molecular weight excluding hydrogens is 510 g/mol. The Kier molecular flexibility index (Phi) is 7.39. The van der Waals surface area contributed by atoms with Crippen molar-refractivity contribution in [3.63, 3.8) is 0 Å². The van der Waals surface area contributed by atoms with Crippen LogP contribution in [0.4, 0.5) is 4.79 Å². The molecule has 0 bridgehead atoms. The fourth-order valence-electron chi connectivity index (χ4n) is 4.80. The van der Waals surface area contributed by atoms with Gasteiger partial charge in [-0.25, -0.2) is 10.4 Å². The summed E-state index contributed by atoms with van der Waals surface area (Å²) in [5.41, 5.74) is 8.98. The minimum absolute atomic E-state index is 0.0565. The largest absolute Gasteiger partial charge is 0.489 e. The summed E-state index contributed by atoms with van der Waals surface area (Å²) in [5, 5.41) is 3.46. The number of rotatable bonds is 7. The lowest BCUT2D eigenvalue weighted by Gasteiger charge is -2.32. The van der Waals surface area contributed by atoms with E-state index in [9.17, 15) is 9.59 Å². The zero-order valence-electron chi connectivity index (χ0n) is 20.5. The highest BCUT2D eigenvalue weighted by Gasteiger charge is 2.49. The fraction of sp³-hybridized carbons (Fsp3) is 0.296. The third kappa shape index (κ3) is 5.91. The molecule has 37 heavy (non-hydrogen) atoms. The number of amides is 2. The van der Waals surface area contributed by atoms with Crippen LogP contribution in [0.15, 0.2) is 66.7 Å². The zero-order chi connectivity index (χ0) is 26.0. The number of hydrogen-bond acceptors (Lipinski definition) is 7. The highest BCUT2D eigenvalue weighted by Crippen LogP contribution is 2.38. The first-order valence-electron chi connectivity index (χ1n) is 12.0. The van der Waals surface area contributed by atoms with E-state index < -0.39 is 4.87 Å². The lowest BCUT2D eigenvalue weighted by Crippen LogP contribution is -2.54. The Bertz CT molecular complexity index is 1290. The molecule has 0 aliphatic carbocycles. The van der Waals surface area contributed by atoms with Gasteiger partial charge in [0.25, 0.3) is 11.1 Å². The first-order valence-corrected chi connectivity index (χ1v) is 13.2. The smallest absolute Gasteiger partial charge is 0.295 e. The number of nitrogens with one attached hydrogen (secondary N) is 3. The van der Waals surface area contributed by atoms with E-state index in [1.165, 1.54) is 11.8 Å². The van der Waals surface area contributed by atoms with Crippen LogP contribution in [0.5, 0.6) is 5.75 Å². The molecule has 2 aliphatic heterocycles. The maximum atomic E-state index is 13.0. The van der Waals surface area contributed by atoms with E-state index in [0.717, 1.165) is 23.4 Å². The maximum absolute atomic E-state index is 13.0. The standard InChI is InChI=1S/C27H28ClN5O3S/c1-27(32-31-26(35)37-27)21-14-33(2)15-23(21)30-25(34)19-8-10-20(11-9-19)36-16-17-12-22(29-24(28)13-17)18-6-4-3-5-7-18/h3-13,21,23,32H,14-16H2,1-2H3,(H,30,34)(H,31,35)/t21-,23+,27?/m0/s1. The van der Waals surface area contributed by atoms with E-state index in [0.29, 0.717) is 29.6 Å². The molecule has 3 aromatic rings. The van der Waals surface area contributed by atoms with Gasteiger partial charge >= 0.3 is 0 Å². The number of hydrogen-bond donors (Lipinski definition) is 3. The Morgan fingerprint density at radius 1 is 1.19 bits per heavy atom.